The van der Waals surface area contributed by atoms with Gasteiger partial charge in [-0.2, -0.15) is 0 Å². The van der Waals surface area contributed by atoms with E-state index in [9.17, 15) is 9.59 Å². The number of nitrogens with one attached hydrogen (secondary N) is 1. The molecule has 5 rings (SSSR count). The number of aromatic nitrogens is 2. The van der Waals surface area contributed by atoms with Gasteiger partial charge in [-0.1, -0.05) is 18.2 Å². The van der Waals surface area contributed by atoms with Crippen LogP contribution in [-0.2, 0) is 10.5 Å². The molecule has 158 valence electrons. The summed E-state index contributed by atoms with van der Waals surface area (Å²) in [6.07, 6.45) is 1.59. The van der Waals surface area contributed by atoms with Crippen molar-refractivity contribution in [2.45, 2.75) is 17.7 Å². The largest absolute Gasteiger partial charge is 0.461 e. The van der Waals surface area contributed by atoms with Crippen molar-refractivity contribution in [2.75, 3.05) is 5.32 Å². The molecule has 5 aromatic rings. The first kappa shape index (κ1) is 20.0. The van der Waals surface area contributed by atoms with Crippen LogP contribution in [-0.4, -0.2) is 15.9 Å². The van der Waals surface area contributed by atoms with E-state index in [-0.39, 0.29) is 5.91 Å². The molecule has 7 nitrogen and oxygen atoms in total. The first-order chi connectivity index (χ1) is 15.6. The van der Waals surface area contributed by atoms with Crippen LogP contribution < -0.4 is 10.9 Å². The molecule has 0 unspecified atom stereocenters. The molecule has 3 aromatic heterocycles. The number of amides is 1. The summed E-state index contributed by atoms with van der Waals surface area (Å²) in [5, 5.41) is 5.22. The molecule has 0 spiro atoms. The number of carbonyl (C=O) groups is 1. The summed E-state index contributed by atoms with van der Waals surface area (Å²) in [4.78, 5) is 32.8. The summed E-state index contributed by atoms with van der Waals surface area (Å²) < 4.78 is 10.8. The minimum absolute atomic E-state index is 0.193. The Morgan fingerprint density at radius 2 is 1.91 bits per heavy atom. The summed E-state index contributed by atoms with van der Waals surface area (Å²) in [6.45, 7) is 1.43. The molecule has 0 atom stereocenters. The zero-order chi connectivity index (χ0) is 22.1. The maximum absolute atomic E-state index is 12.2. The maximum atomic E-state index is 12.2. The zero-order valence-electron chi connectivity index (χ0n) is 17.0. The second-order valence-corrected chi connectivity index (χ2v) is 8.08. The van der Waals surface area contributed by atoms with Gasteiger partial charge in [0.15, 0.2) is 11.6 Å². The van der Waals surface area contributed by atoms with Gasteiger partial charge in [0.05, 0.1) is 11.8 Å². The van der Waals surface area contributed by atoms with Crippen molar-refractivity contribution in [1.82, 2.24) is 9.97 Å². The molecule has 0 radical (unpaired) electrons. The van der Waals surface area contributed by atoms with E-state index in [2.05, 4.69) is 10.3 Å². The highest BCUT2D eigenvalue weighted by atomic mass is 32.2. The van der Waals surface area contributed by atoms with Crippen LogP contribution in [0.15, 0.2) is 85.6 Å². The van der Waals surface area contributed by atoms with Crippen LogP contribution in [0.1, 0.15) is 12.5 Å². The molecule has 0 saturated heterocycles. The third-order valence-corrected chi connectivity index (χ3v) is 5.86. The van der Waals surface area contributed by atoms with Crippen molar-refractivity contribution >= 4 is 45.2 Å². The number of benzene rings is 2. The molecular weight excluding hydrogens is 426 g/mol. The Balaban J connectivity index is 1.53. The smallest absolute Gasteiger partial charge is 0.336 e. The zero-order valence-corrected chi connectivity index (χ0v) is 17.8. The second kappa shape index (κ2) is 8.32. The quantitative estimate of drug-likeness (QED) is 0.225. The topological polar surface area (TPSA) is 98.2 Å². The van der Waals surface area contributed by atoms with E-state index in [1.165, 1.54) is 24.8 Å². The molecule has 2 aromatic carbocycles. The van der Waals surface area contributed by atoms with E-state index in [1.54, 1.807) is 24.5 Å². The minimum atomic E-state index is -0.447. The van der Waals surface area contributed by atoms with Gasteiger partial charge in [-0.15, -0.1) is 11.8 Å². The molecule has 0 saturated carbocycles. The lowest BCUT2D eigenvalue weighted by molar-refractivity contribution is -0.114. The summed E-state index contributed by atoms with van der Waals surface area (Å²) in [6, 6.07) is 18.2. The van der Waals surface area contributed by atoms with Crippen molar-refractivity contribution in [3.05, 3.63) is 82.9 Å². The first-order valence-corrected chi connectivity index (χ1v) is 10.8. The summed E-state index contributed by atoms with van der Waals surface area (Å²) in [5.74, 6) is 1.41. The van der Waals surface area contributed by atoms with Crippen LogP contribution in [0.3, 0.4) is 0 Å². The van der Waals surface area contributed by atoms with Gasteiger partial charge in [-0.05, 0) is 35.9 Å². The van der Waals surface area contributed by atoms with Crippen LogP contribution in [0, 0.1) is 0 Å². The van der Waals surface area contributed by atoms with Crippen LogP contribution in [0.5, 0.6) is 0 Å². The first-order valence-electron chi connectivity index (χ1n) is 9.85. The Morgan fingerprint density at radius 1 is 1.03 bits per heavy atom. The van der Waals surface area contributed by atoms with Gasteiger partial charge in [-0.25, -0.2) is 14.8 Å². The molecule has 0 aliphatic heterocycles. The monoisotopic (exact) mass is 443 g/mol. The molecule has 3 heterocycles. The Hall–Kier alpha value is -3.91. The number of para-hydroxylation sites is 1. The van der Waals surface area contributed by atoms with Crippen LogP contribution in [0.4, 0.5) is 5.69 Å². The fourth-order valence-electron chi connectivity index (χ4n) is 3.45. The number of fused-ring (bicyclic) bond motifs is 2. The van der Waals surface area contributed by atoms with Gasteiger partial charge in [0.2, 0.25) is 5.91 Å². The van der Waals surface area contributed by atoms with Gasteiger partial charge in [0.1, 0.15) is 10.6 Å². The van der Waals surface area contributed by atoms with E-state index in [4.69, 9.17) is 13.8 Å². The maximum Gasteiger partial charge on any atom is 0.336 e. The van der Waals surface area contributed by atoms with Crippen molar-refractivity contribution < 1.29 is 13.6 Å². The van der Waals surface area contributed by atoms with Crippen LogP contribution in [0.2, 0.25) is 0 Å². The molecule has 0 aliphatic carbocycles. The molecular formula is C24H17N3O4S. The molecule has 0 fully saturated rings. The number of hydrogen-bond acceptors (Lipinski definition) is 7. The number of furan rings is 1. The molecule has 0 bridgehead atoms. The van der Waals surface area contributed by atoms with Crippen molar-refractivity contribution in [2.24, 2.45) is 0 Å². The summed E-state index contributed by atoms with van der Waals surface area (Å²) in [7, 11) is 0. The normalized spacial score (nSPS) is 11.2. The predicted molar refractivity (Wildman–Crippen MR) is 124 cm³/mol. The number of rotatable bonds is 5. The molecule has 1 amide bonds. The van der Waals surface area contributed by atoms with Crippen LogP contribution in [0.25, 0.3) is 33.5 Å². The minimum Gasteiger partial charge on any atom is -0.461 e. The average molecular weight is 443 g/mol. The Kier molecular flexibility index (Phi) is 5.20. The number of nitrogens with zero attached hydrogens (tertiary/aromatic N) is 2. The van der Waals surface area contributed by atoms with E-state index in [1.807, 2.05) is 36.4 Å². The summed E-state index contributed by atoms with van der Waals surface area (Å²) in [5.41, 5.74) is 2.18. The molecule has 8 heteroatoms. The predicted octanol–water partition coefficient (Wildman–Crippen LogP) is 5.25. The van der Waals surface area contributed by atoms with Gasteiger partial charge in [0.25, 0.3) is 0 Å². The average Bonchev–Trinajstić information content (AvgIpc) is 3.31. The third kappa shape index (κ3) is 4.00. The SMILES string of the molecule is CC(=O)Nc1ccc2c(CSc3nc(-c4ccco4)nc4ccccc34)cc(=O)oc2c1. The van der Waals surface area contributed by atoms with Gasteiger partial charge in [0, 0.05) is 41.3 Å². The standard InChI is InChI=1S/C24H17N3O4S/c1-14(28)25-16-8-9-17-15(11-22(29)31-21(17)12-16)13-32-24-18-5-2-3-6-19(18)26-23(27-24)20-7-4-10-30-20/h2-12H,13H2,1H3,(H,25,28). The van der Waals surface area contributed by atoms with Crippen molar-refractivity contribution in [3.8, 4) is 11.6 Å². The molecule has 0 aliphatic rings. The number of hydrogen-bond donors (Lipinski definition) is 1. The van der Waals surface area contributed by atoms with Crippen molar-refractivity contribution in [1.29, 1.82) is 0 Å². The lowest BCUT2D eigenvalue weighted by Crippen LogP contribution is -2.06. The van der Waals surface area contributed by atoms with Gasteiger partial charge in [-0.3, -0.25) is 4.79 Å². The van der Waals surface area contributed by atoms with Gasteiger partial charge < -0.3 is 14.2 Å². The highest BCUT2D eigenvalue weighted by Crippen LogP contribution is 2.32. The number of carbonyl (C=O) groups excluding carboxylic acids is 1. The second-order valence-electron chi connectivity index (χ2n) is 7.12. The summed E-state index contributed by atoms with van der Waals surface area (Å²) >= 11 is 1.51. The Labute approximate surface area is 186 Å². The highest BCUT2D eigenvalue weighted by molar-refractivity contribution is 7.98. The fraction of sp³-hybridized carbons (Fsp3) is 0.0833. The third-order valence-electron chi connectivity index (χ3n) is 4.82. The molecule has 32 heavy (non-hydrogen) atoms. The Bertz CT molecular complexity index is 1510. The lowest BCUT2D eigenvalue weighted by Gasteiger charge is -2.09. The molecule has 1 N–H and O–H groups in total. The van der Waals surface area contributed by atoms with Crippen molar-refractivity contribution in [3.63, 3.8) is 0 Å². The fourth-order valence-corrected chi connectivity index (χ4v) is 4.46. The van der Waals surface area contributed by atoms with E-state index in [0.29, 0.717) is 28.6 Å². The van der Waals surface area contributed by atoms with E-state index < -0.39 is 5.63 Å². The number of thioether (sulfide) groups is 1. The number of anilines is 1. The highest BCUT2D eigenvalue weighted by Gasteiger charge is 2.13. The van der Waals surface area contributed by atoms with Crippen LogP contribution >= 0.6 is 11.8 Å². The lowest BCUT2D eigenvalue weighted by atomic mass is 10.1. The van der Waals surface area contributed by atoms with E-state index >= 15 is 0 Å². The van der Waals surface area contributed by atoms with Gasteiger partial charge >= 0.3 is 5.63 Å². The van der Waals surface area contributed by atoms with E-state index in [0.717, 1.165) is 26.9 Å². The Morgan fingerprint density at radius 3 is 2.72 bits per heavy atom.